The molecule has 2 heterocycles. The van der Waals surface area contributed by atoms with Gasteiger partial charge in [0.05, 0.1) is 11.2 Å². The molecular weight excluding hydrogens is 248 g/mol. The zero-order valence-electron chi connectivity index (χ0n) is 11.3. The monoisotopic (exact) mass is 264 g/mol. The van der Waals surface area contributed by atoms with E-state index in [4.69, 9.17) is 5.73 Å². The molecule has 0 aliphatic rings. The van der Waals surface area contributed by atoms with E-state index in [1.54, 1.807) is 12.4 Å². The highest BCUT2D eigenvalue weighted by molar-refractivity contribution is 5.97. The molecule has 3 aromatic rings. The molecule has 4 heteroatoms. The largest absolute Gasteiger partial charge is 0.397 e. The molecular formula is C16H16N4. The van der Waals surface area contributed by atoms with Gasteiger partial charge in [-0.1, -0.05) is 12.1 Å². The van der Waals surface area contributed by atoms with Crippen LogP contribution in [-0.4, -0.2) is 9.97 Å². The first-order valence-corrected chi connectivity index (χ1v) is 6.52. The Kier molecular flexibility index (Phi) is 3.21. The van der Waals surface area contributed by atoms with E-state index >= 15 is 0 Å². The molecule has 0 saturated heterocycles. The lowest BCUT2D eigenvalue weighted by molar-refractivity contribution is 1.08. The van der Waals surface area contributed by atoms with E-state index in [1.165, 1.54) is 11.1 Å². The first kappa shape index (κ1) is 12.4. The van der Waals surface area contributed by atoms with Crippen molar-refractivity contribution in [3.05, 3.63) is 60.0 Å². The van der Waals surface area contributed by atoms with Crippen molar-refractivity contribution in [2.45, 2.75) is 13.5 Å². The molecule has 2 aromatic heterocycles. The summed E-state index contributed by atoms with van der Waals surface area (Å²) in [5, 5.41) is 4.47. The summed E-state index contributed by atoms with van der Waals surface area (Å²) in [6, 6.07) is 9.81. The molecule has 4 nitrogen and oxygen atoms in total. The fraction of sp³-hybridized carbons (Fsp3) is 0.125. The van der Waals surface area contributed by atoms with Crippen molar-refractivity contribution in [3.63, 3.8) is 0 Å². The third kappa shape index (κ3) is 2.28. The molecule has 20 heavy (non-hydrogen) atoms. The zero-order chi connectivity index (χ0) is 13.9. The van der Waals surface area contributed by atoms with Crippen LogP contribution in [0.4, 0.5) is 11.4 Å². The van der Waals surface area contributed by atoms with Crippen LogP contribution in [-0.2, 0) is 6.54 Å². The number of fused-ring (bicyclic) bond motifs is 1. The van der Waals surface area contributed by atoms with Gasteiger partial charge in [0, 0.05) is 36.2 Å². The zero-order valence-corrected chi connectivity index (χ0v) is 11.3. The second-order valence-corrected chi connectivity index (χ2v) is 4.76. The van der Waals surface area contributed by atoms with Gasteiger partial charge in [0.15, 0.2) is 0 Å². The van der Waals surface area contributed by atoms with Crippen molar-refractivity contribution in [2.75, 3.05) is 11.1 Å². The number of aromatic nitrogens is 2. The van der Waals surface area contributed by atoms with Crippen LogP contribution in [0.5, 0.6) is 0 Å². The predicted molar refractivity (Wildman–Crippen MR) is 82.5 cm³/mol. The van der Waals surface area contributed by atoms with Gasteiger partial charge in [0.2, 0.25) is 0 Å². The van der Waals surface area contributed by atoms with Gasteiger partial charge in [-0.25, -0.2) is 0 Å². The summed E-state index contributed by atoms with van der Waals surface area (Å²) in [4.78, 5) is 8.50. The number of hydrogen-bond donors (Lipinski definition) is 2. The second-order valence-electron chi connectivity index (χ2n) is 4.76. The van der Waals surface area contributed by atoms with E-state index in [0.717, 1.165) is 23.1 Å². The van der Waals surface area contributed by atoms with Crippen molar-refractivity contribution in [1.82, 2.24) is 9.97 Å². The number of anilines is 2. The van der Waals surface area contributed by atoms with Crippen LogP contribution in [0.25, 0.3) is 10.9 Å². The van der Waals surface area contributed by atoms with Crippen molar-refractivity contribution in [3.8, 4) is 0 Å². The van der Waals surface area contributed by atoms with Crippen LogP contribution >= 0.6 is 0 Å². The molecule has 0 atom stereocenters. The minimum Gasteiger partial charge on any atom is -0.397 e. The summed E-state index contributed by atoms with van der Waals surface area (Å²) in [6.45, 7) is 2.81. The van der Waals surface area contributed by atoms with E-state index in [1.807, 2.05) is 36.5 Å². The highest BCUT2D eigenvalue weighted by Crippen LogP contribution is 2.25. The quantitative estimate of drug-likeness (QED) is 0.713. The lowest BCUT2D eigenvalue weighted by atomic mass is 10.1. The Morgan fingerprint density at radius 3 is 2.90 bits per heavy atom. The first-order chi connectivity index (χ1) is 9.75. The SMILES string of the molecule is Cc1ccncc1CNc1ccnc2c(N)cccc12. The van der Waals surface area contributed by atoms with Crippen molar-refractivity contribution < 1.29 is 0 Å². The third-order valence-corrected chi connectivity index (χ3v) is 3.42. The smallest absolute Gasteiger partial charge is 0.0951 e. The summed E-state index contributed by atoms with van der Waals surface area (Å²) in [5.74, 6) is 0. The number of aryl methyl sites for hydroxylation is 1. The molecule has 3 rings (SSSR count). The summed E-state index contributed by atoms with van der Waals surface area (Å²) in [7, 11) is 0. The van der Waals surface area contributed by atoms with E-state index in [0.29, 0.717) is 5.69 Å². The molecule has 0 fully saturated rings. The Morgan fingerprint density at radius 2 is 2.05 bits per heavy atom. The number of nitrogen functional groups attached to an aromatic ring is 1. The Bertz CT molecular complexity index is 752. The number of nitrogens with two attached hydrogens (primary N) is 1. The fourth-order valence-corrected chi connectivity index (χ4v) is 2.23. The number of nitrogens with one attached hydrogen (secondary N) is 1. The van der Waals surface area contributed by atoms with Crippen molar-refractivity contribution in [1.29, 1.82) is 0 Å². The molecule has 100 valence electrons. The number of para-hydroxylation sites is 1. The van der Waals surface area contributed by atoms with Crippen molar-refractivity contribution in [2.24, 2.45) is 0 Å². The Labute approximate surface area is 117 Å². The molecule has 3 N–H and O–H groups in total. The number of pyridine rings is 2. The van der Waals surface area contributed by atoms with Crippen LogP contribution in [0.1, 0.15) is 11.1 Å². The van der Waals surface area contributed by atoms with Gasteiger partial charge in [-0.3, -0.25) is 9.97 Å². The number of benzene rings is 1. The molecule has 1 aromatic carbocycles. The van der Waals surface area contributed by atoms with Gasteiger partial charge in [0.1, 0.15) is 0 Å². The molecule has 0 saturated carbocycles. The Hall–Kier alpha value is -2.62. The fourth-order valence-electron chi connectivity index (χ4n) is 2.23. The average Bonchev–Trinajstić information content (AvgIpc) is 2.47. The molecule has 0 bridgehead atoms. The summed E-state index contributed by atoms with van der Waals surface area (Å²) in [6.07, 6.45) is 5.47. The maximum absolute atomic E-state index is 5.96. The molecule has 0 unspecified atom stereocenters. The average molecular weight is 264 g/mol. The summed E-state index contributed by atoms with van der Waals surface area (Å²) >= 11 is 0. The van der Waals surface area contributed by atoms with Gasteiger partial charge in [-0.2, -0.15) is 0 Å². The van der Waals surface area contributed by atoms with Gasteiger partial charge in [0.25, 0.3) is 0 Å². The van der Waals surface area contributed by atoms with Gasteiger partial charge in [-0.15, -0.1) is 0 Å². The minimum absolute atomic E-state index is 0.698. The highest BCUT2D eigenvalue weighted by Gasteiger charge is 2.04. The molecule has 0 amide bonds. The van der Waals surface area contributed by atoms with Gasteiger partial charge in [-0.05, 0) is 36.2 Å². The topological polar surface area (TPSA) is 63.8 Å². The maximum Gasteiger partial charge on any atom is 0.0951 e. The normalized spacial score (nSPS) is 10.7. The predicted octanol–water partition coefficient (Wildman–Crippen LogP) is 3.13. The second kappa shape index (κ2) is 5.17. The van der Waals surface area contributed by atoms with E-state index in [2.05, 4.69) is 22.2 Å². The molecule has 0 radical (unpaired) electrons. The van der Waals surface area contributed by atoms with Crippen LogP contribution < -0.4 is 11.1 Å². The summed E-state index contributed by atoms with van der Waals surface area (Å²) < 4.78 is 0. The number of rotatable bonds is 3. The maximum atomic E-state index is 5.96. The van der Waals surface area contributed by atoms with E-state index in [9.17, 15) is 0 Å². The minimum atomic E-state index is 0.698. The van der Waals surface area contributed by atoms with Gasteiger partial charge >= 0.3 is 0 Å². The lowest BCUT2D eigenvalue weighted by Crippen LogP contribution is -2.03. The number of nitrogens with zero attached hydrogens (tertiary/aromatic N) is 2. The van der Waals surface area contributed by atoms with Crippen LogP contribution in [0.3, 0.4) is 0 Å². The van der Waals surface area contributed by atoms with Crippen LogP contribution in [0.2, 0.25) is 0 Å². The first-order valence-electron chi connectivity index (χ1n) is 6.52. The van der Waals surface area contributed by atoms with Gasteiger partial charge < -0.3 is 11.1 Å². The van der Waals surface area contributed by atoms with Crippen molar-refractivity contribution >= 4 is 22.3 Å². The lowest BCUT2D eigenvalue weighted by Gasteiger charge is -2.11. The summed E-state index contributed by atoms with van der Waals surface area (Å²) in [5.41, 5.74) is 10.9. The van der Waals surface area contributed by atoms with E-state index < -0.39 is 0 Å². The highest BCUT2D eigenvalue weighted by atomic mass is 14.9. The molecule has 0 spiro atoms. The molecule has 0 aliphatic carbocycles. The Morgan fingerprint density at radius 1 is 1.15 bits per heavy atom. The number of hydrogen-bond acceptors (Lipinski definition) is 4. The van der Waals surface area contributed by atoms with Crippen LogP contribution in [0, 0.1) is 6.92 Å². The molecule has 0 aliphatic heterocycles. The Balaban J connectivity index is 1.92. The standard InChI is InChI=1S/C16H16N4/c1-11-5-7-18-9-12(11)10-20-15-6-8-19-16-13(15)3-2-4-14(16)17/h2-9H,10,17H2,1H3,(H,19,20). The van der Waals surface area contributed by atoms with Crippen LogP contribution in [0.15, 0.2) is 48.9 Å². The third-order valence-electron chi connectivity index (χ3n) is 3.42. The van der Waals surface area contributed by atoms with E-state index in [-0.39, 0.29) is 0 Å².